The third-order valence-electron chi connectivity index (χ3n) is 4.37. The van der Waals surface area contributed by atoms with Gasteiger partial charge >= 0.3 is 0 Å². The molecule has 0 aliphatic heterocycles. The molecule has 0 aliphatic rings. The zero-order chi connectivity index (χ0) is 15.4. The van der Waals surface area contributed by atoms with Crippen LogP contribution in [-0.4, -0.2) is 15.9 Å². The SMILES string of the molecule is Cc1[nH]c(C(N)=O)c2cc3c(cc2c1C)nc1ccccc13.Cl. The predicted octanol–water partition coefficient (Wildman–Crippen LogP) is 4.01. The Bertz CT molecular complexity index is 1080. The molecule has 2 heterocycles. The van der Waals surface area contributed by atoms with E-state index in [2.05, 4.69) is 9.97 Å². The molecule has 0 radical (unpaired) electrons. The lowest BCUT2D eigenvalue weighted by atomic mass is 10.00. The average molecular weight is 326 g/mol. The normalized spacial score (nSPS) is 11.0. The lowest BCUT2D eigenvalue weighted by Gasteiger charge is -2.11. The van der Waals surface area contributed by atoms with E-state index in [1.54, 1.807) is 0 Å². The third kappa shape index (κ3) is 2.14. The number of nitrogens with two attached hydrogens (primary N) is 1. The zero-order valence-corrected chi connectivity index (χ0v) is 13.6. The van der Waals surface area contributed by atoms with Crippen LogP contribution in [0.5, 0.6) is 0 Å². The van der Waals surface area contributed by atoms with Gasteiger partial charge in [-0.2, -0.15) is 0 Å². The summed E-state index contributed by atoms with van der Waals surface area (Å²) in [6.07, 6.45) is 0. The third-order valence-corrected chi connectivity index (χ3v) is 4.37. The number of aromatic nitrogens is 2. The highest BCUT2D eigenvalue weighted by Crippen LogP contribution is 2.32. The summed E-state index contributed by atoms with van der Waals surface area (Å²) in [6, 6.07) is 12.1. The Balaban J connectivity index is 0.00000156. The molecule has 116 valence electrons. The largest absolute Gasteiger partial charge is 0.364 e. The molecule has 0 aliphatic carbocycles. The highest BCUT2D eigenvalue weighted by molar-refractivity contribution is 6.15. The molecule has 2 aromatic heterocycles. The molecular weight excluding hydrogens is 310 g/mol. The monoisotopic (exact) mass is 325 g/mol. The van der Waals surface area contributed by atoms with E-state index in [1.807, 2.05) is 50.2 Å². The number of hydrogen-bond acceptors (Lipinski definition) is 2. The van der Waals surface area contributed by atoms with Crippen molar-refractivity contribution in [3.63, 3.8) is 0 Å². The van der Waals surface area contributed by atoms with Crippen molar-refractivity contribution in [2.24, 2.45) is 5.73 Å². The number of aromatic amines is 1. The first-order valence-electron chi connectivity index (χ1n) is 7.17. The Labute approximate surface area is 139 Å². The summed E-state index contributed by atoms with van der Waals surface area (Å²) in [6.45, 7) is 3.98. The maximum Gasteiger partial charge on any atom is 0.265 e. The molecule has 23 heavy (non-hydrogen) atoms. The number of hydrogen-bond donors (Lipinski definition) is 2. The number of carbonyl (C=O) groups excluding carboxylic acids is 1. The minimum absolute atomic E-state index is 0. The molecule has 0 spiro atoms. The standard InChI is InChI=1S/C18H15N3O.ClH/c1-9-10(2)20-17(18(19)22)14-7-13-11-5-3-4-6-15(11)21-16(13)8-12(9)14;/h3-8,20H,1-2H3,(H2,19,22);1H. The van der Waals surface area contributed by atoms with Crippen LogP contribution in [0.4, 0.5) is 0 Å². The number of para-hydroxylation sites is 1. The van der Waals surface area contributed by atoms with Crippen LogP contribution in [0.15, 0.2) is 36.4 Å². The average Bonchev–Trinajstić information content (AvgIpc) is 2.87. The number of aryl methyl sites for hydroxylation is 2. The van der Waals surface area contributed by atoms with Gasteiger partial charge in [-0.25, -0.2) is 4.98 Å². The topological polar surface area (TPSA) is 71.8 Å². The highest BCUT2D eigenvalue weighted by Gasteiger charge is 2.14. The van der Waals surface area contributed by atoms with Gasteiger partial charge in [0.25, 0.3) is 5.91 Å². The summed E-state index contributed by atoms with van der Waals surface area (Å²) in [4.78, 5) is 19.6. The van der Waals surface area contributed by atoms with Gasteiger partial charge in [0, 0.05) is 21.9 Å². The Morgan fingerprint density at radius 3 is 2.48 bits per heavy atom. The number of primary amides is 1. The second-order valence-corrected chi connectivity index (χ2v) is 5.66. The van der Waals surface area contributed by atoms with Gasteiger partial charge in [0.2, 0.25) is 0 Å². The Kier molecular flexibility index (Phi) is 3.49. The van der Waals surface area contributed by atoms with Gasteiger partial charge in [-0.3, -0.25) is 4.79 Å². The van der Waals surface area contributed by atoms with E-state index in [-0.39, 0.29) is 12.4 Å². The first kappa shape index (κ1) is 15.3. The number of benzene rings is 2. The van der Waals surface area contributed by atoms with E-state index >= 15 is 0 Å². The number of amides is 1. The van der Waals surface area contributed by atoms with Gasteiger partial charge in [-0.05, 0) is 43.0 Å². The molecule has 2 aromatic carbocycles. The van der Waals surface area contributed by atoms with Crippen LogP contribution in [0.3, 0.4) is 0 Å². The highest BCUT2D eigenvalue weighted by atomic mass is 35.5. The Morgan fingerprint density at radius 1 is 1.00 bits per heavy atom. The van der Waals surface area contributed by atoms with Gasteiger partial charge in [0.05, 0.1) is 11.0 Å². The van der Waals surface area contributed by atoms with E-state index in [0.717, 1.165) is 43.8 Å². The molecule has 1 amide bonds. The summed E-state index contributed by atoms with van der Waals surface area (Å²) in [5.41, 5.74) is 9.95. The van der Waals surface area contributed by atoms with Crippen molar-refractivity contribution < 1.29 is 4.79 Å². The fourth-order valence-electron chi connectivity index (χ4n) is 3.09. The number of fused-ring (bicyclic) bond motifs is 4. The molecule has 0 atom stereocenters. The number of pyridine rings is 1. The minimum atomic E-state index is -0.448. The summed E-state index contributed by atoms with van der Waals surface area (Å²) in [5.74, 6) is -0.448. The van der Waals surface area contributed by atoms with Crippen LogP contribution >= 0.6 is 12.4 Å². The Hall–Kier alpha value is -2.59. The molecular formula is C18H16ClN3O. The van der Waals surface area contributed by atoms with Crippen molar-refractivity contribution in [1.82, 2.24) is 9.97 Å². The van der Waals surface area contributed by atoms with Gasteiger partial charge < -0.3 is 10.7 Å². The van der Waals surface area contributed by atoms with Crippen LogP contribution in [0.2, 0.25) is 0 Å². The van der Waals surface area contributed by atoms with Crippen molar-refractivity contribution in [1.29, 1.82) is 0 Å². The van der Waals surface area contributed by atoms with Crippen LogP contribution in [-0.2, 0) is 0 Å². The minimum Gasteiger partial charge on any atom is -0.364 e. The molecule has 4 rings (SSSR count). The Morgan fingerprint density at radius 2 is 1.74 bits per heavy atom. The van der Waals surface area contributed by atoms with Crippen molar-refractivity contribution in [2.45, 2.75) is 13.8 Å². The predicted molar refractivity (Wildman–Crippen MR) is 96.3 cm³/mol. The molecule has 0 saturated carbocycles. The number of halogens is 1. The zero-order valence-electron chi connectivity index (χ0n) is 12.8. The number of nitrogens with zero attached hydrogens (tertiary/aromatic N) is 1. The lowest BCUT2D eigenvalue weighted by Crippen LogP contribution is -2.14. The van der Waals surface area contributed by atoms with Crippen LogP contribution in [0, 0.1) is 13.8 Å². The summed E-state index contributed by atoms with van der Waals surface area (Å²) < 4.78 is 0. The molecule has 0 bridgehead atoms. The fraction of sp³-hybridized carbons (Fsp3) is 0.111. The smallest absolute Gasteiger partial charge is 0.265 e. The van der Waals surface area contributed by atoms with Gasteiger partial charge in [0.15, 0.2) is 0 Å². The molecule has 4 nitrogen and oxygen atoms in total. The molecule has 0 saturated heterocycles. The first-order chi connectivity index (χ1) is 10.6. The van der Waals surface area contributed by atoms with Gasteiger partial charge in [0.1, 0.15) is 5.69 Å². The lowest BCUT2D eigenvalue weighted by molar-refractivity contribution is 0.0997. The van der Waals surface area contributed by atoms with E-state index in [1.165, 1.54) is 0 Å². The van der Waals surface area contributed by atoms with E-state index in [9.17, 15) is 4.79 Å². The molecule has 3 N–H and O–H groups in total. The first-order valence-corrected chi connectivity index (χ1v) is 7.17. The second kappa shape index (κ2) is 5.25. The van der Waals surface area contributed by atoms with Gasteiger partial charge in [-0.1, -0.05) is 18.2 Å². The molecule has 0 unspecified atom stereocenters. The number of H-pyrrole nitrogens is 1. The molecule has 5 heteroatoms. The van der Waals surface area contributed by atoms with Crippen LogP contribution in [0.25, 0.3) is 32.6 Å². The van der Waals surface area contributed by atoms with Crippen molar-refractivity contribution in [3.8, 4) is 0 Å². The van der Waals surface area contributed by atoms with Crippen molar-refractivity contribution in [3.05, 3.63) is 53.3 Å². The second-order valence-electron chi connectivity index (χ2n) is 5.66. The number of rotatable bonds is 1. The van der Waals surface area contributed by atoms with E-state index in [4.69, 9.17) is 5.73 Å². The molecule has 0 fully saturated rings. The molecule has 4 aromatic rings. The summed E-state index contributed by atoms with van der Waals surface area (Å²) >= 11 is 0. The van der Waals surface area contributed by atoms with Crippen LogP contribution in [0.1, 0.15) is 21.7 Å². The quantitative estimate of drug-likeness (QED) is 0.555. The van der Waals surface area contributed by atoms with E-state index in [0.29, 0.717) is 5.69 Å². The fourth-order valence-corrected chi connectivity index (χ4v) is 3.09. The maximum absolute atomic E-state index is 11.8. The van der Waals surface area contributed by atoms with Crippen molar-refractivity contribution >= 4 is 50.9 Å². The summed E-state index contributed by atoms with van der Waals surface area (Å²) in [5, 5.41) is 4.00. The van der Waals surface area contributed by atoms with Crippen molar-refractivity contribution in [2.75, 3.05) is 0 Å². The van der Waals surface area contributed by atoms with Crippen LogP contribution < -0.4 is 5.73 Å². The van der Waals surface area contributed by atoms with Gasteiger partial charge in [-0.15, -0.1) is 12.4 Å². The number of carbonyl (C=O) groups is 1. The maximum atomic E-state index is 11.8. The summed E-state index contributed by atoms with van der Waals surface area (Å²) in [7, 11) is 0. The van der Waals surface area contributed by atoms with E-state index < -0.39 is 5.91 Å². The number of nitrogens with one attached hydrogen (secondary N) is 1.